The van der Waals surface area contributed by atoms with Gasteiger partial charge in [-0.2, -0.15) is 0 Å². The van der Waals surface area contributed by atoms with Crippen LogP contribution in [0.1, 0.15) is 219 Å². The summed E-state index contributed by atoms with van der Waals surface area (Å²) < 4.78 is 32.7. The minimum absolute atomic E-state index is 0.100. The molecular formula is C46H86NO10P. The van der Waals surface area contributed by atoms with Crippen LogP contribution in [0.4, 0.5) is 0 Å². The average molecular weight is 844 g/mol. The van der Waals surface area contributed by atoms with Crippen LogP contribution >= 0.6 is 7.82 Å². The van der Waals surface area contributed by atoms with Gasteiger partial charge in [0.15, 0.2) is 6.10 Å². The number of unbranched alkanes of at least 4 members (excludes halogenated alkanes) is 26. The molecule has 12 heteroatoms. The molecule has 0 aromatic carbocycles. The number of hydrogen-bond donors (Lipinski definition) is 3. The summed E-state index contributed by atoms with van der Waals surface area (Å²) in [6.07, 6.45) is 43.9. The molecule has 0 bridgehead atoms. The Morgan fingerprint density at radius 3 is 1.40 bits per heavy atom. The lowest BCUT2D eigenvalue weighted by molar-refractivity contribution is -0.161. The summed E-state index contributed by atoms with van der Waals surface area (Å²) in [6.45, 7) is 2.79. The number of phosphoric acid groups is 1. The quantitative estimate of drug-likeness (QED) is 0.0231. The molecule has 0 heterocycles. The lowest BCUT2D eigenvalue weighted by Gasteiger charge is -2.20. The van der Waals surface area contributed by atoms with Crippen molar-refractivity contribution in [2.24, 2.45) is 5.73 Å². The zero-order valence-corrected chi connectivity index (χ0v) is 37.8. The topological polar surface area (TPSA) is 172 Å². The van der Waals surface area contributed by atoms with Crippen molar-refractivity contribution < 1.29 is 47.5 Å². The highest BCUT2D eigenvalue weighted by Crippen LogP contribution is 2.43. The van der Waals surface area contributed by atoms with Gasteiger partial charge in [-0.15, -0.1) is 0 Å². The molecule has 4 N–H and O–H groups in total. The number of aliphatic carboxylic acids is 1. The number of carboxylic acids is 1. The molecule has 0 saturated heterocycles. The number of carbonyl (C=O) groups excluding carboxylic acids is 2. The van der Waals surface area contributed by atoms with Crippen LogP contribution in [0.3, 0.4) is 0 Å². The first-order valence-corrected chi connectivity index (χ1v) is 24.9. The zero-order chi connectivity index (χ0) is 42.8. The summed E-state index contributed by atoms with van der Waals surface area (Å²) in [5.74, 6) is -2.42. The highest BCUT2D eigenvalue weighted by molar-refractivity contribution is 7.47. The van der Waals surface area contributed by atoms with Gasteiger partial charge in [-0.05, 0) is 38.5 Å². The lowest BCUT2D eigenvalue weighted by Crippen LogP contribution is -2.34. The predicted octanol–water partition coefficient (Wildman–Crippen LogP) is 12.6. The second-order valence-electron chi connectivity index (χ2n) is 15.9. The Hall–Kier alpha value is -2.04. The van der Waals surface area contributed by atoms with Crippen molar-refractivity contribution in [1.29, 1.82) is 0 Å². The van der Waals surface area contributed by atoms with Crippen LogP contribution in [0.15, 0.2) is 24.3 Å². The Bertz CT molecular complexity index is 1080. The third kappa shape index (κ3) is 40.7. The van der Waals surface area contributed by atoms with E-state index >= 15 is 0 Å². The molecule has 0 aliphatic heterocycles. The fraction of sp³-hybridized carbons (Fsp3) is 0.848. The van der Waals surface area contributed by atoms with Crippen LogP contribution in [0.2, 0.25) is 0 Å². The standard InChI is InChI=1S/C46H86NO10P/c1-3-5-7-9-11-13-15-17-19-21-23-25-27-29-31-33-35-37-44(48)54-39-42(40-55-58(52,53)56-41-43(47)46(50)51)57-45(49)38-36-34-32-30-28-26-24-22-20-18-16-14-12-10-8-6-4-2/h24,26,30,32,42-43H,3-23,25,27-29,31,33-41,47H2,1-2H3,(H,50,51)(H,52,53)/b26-24+,32-30+/t42-,43+/m1/s1. The van der Waals surface area contributed by atoms with Gasteiger partial charge in [0.05, 0.1) is 13.2 Å². The van der Waals surface area contributed by atoms with Crippen molar-refractivity contribution in [1.82, 2.24) is 0 Å². The fourth-order valence-corrected chi connectivity index (χ4v) is 7.30. The van der Waals surface area contributed by atoms with Crippen LogP contribution in [0, 0.1) is 0 Å². The Morgan fingerprint density at radius 2 is 0.931 bits per heavy atom. The Balaban J connectivity index is 4.35. The van der Waals surface area contributed by atoms with Gasteiger partial charge in [0, 0.05) is 12.8 Å². The third-order valence-electron chi connectivity index (χ3n) is 10.2. The van der Waals surface area contributed by atoms with Crippen LogP contribution in [0.25, 0.3) is 0 Å². The van der Waals surface area contributed by atoms with Crippen molar-refractivity contribution in [2.45, 2.75) is 231 Å². The van der Waals surface area contributed by atoms with Gasteiger partial charge < -0.3 is 25.2 Å². The largest absolute Gasteiger partial charge is 0.480 e. The minimum atomic E-state index is -4.72. The van der Waals surface area contributed by atoms with E-state index in [1.54, 1.807) is 0 Å². The molecule has 0 saturated carbocycles. The van der Waals surface area contributed by atoms with Gasteiger partial charge >= 0.3 is 25.7 Å². The lowest BCUT2D eigenvalue weighted by atomic mass is 10.0. The number of ether oxygens (including phenoxy) is 2. The van der Waals surface area contributed by atoms with E-state index in [4.69, 9.17) is 24.8 Å². The van der Waals surface area contributed by atoms with E-state index in [0.717, 1.165) is 32.1 Å². The summed E-state index contributed by atoms with van der Waals surface area (Å²) >= 11 is 0. The van der Waals surface area contributed by atoms with Crippen LogP contribution < -0.4 is 5.73 Å². The molecule has 11 nitrogen and oxygen atoms in total. The maximum Gasteiger partial charge on any atom is 0.472 e. The third-order valence-corrected chi connectivity index (χ3v) is 11.2. The maximum atomic E-state index is 12.6. The van der Waals surface area contributed by atoms with E-state index in [2.05, 4.69) is 36.6 Å². The molecule has 0 fully saturated rings. The van der Waals surface area contributed by atoms with Crippen molar-refractivity contribution >= 4 is 25.7 Å². The molecule has 0 aromatic rings. The van der Waals surface area contributed by atoms with E-state index in [9.17, 15) is 23.8 Å². The summed E-state index contributed by atoms with van der Waals surface area (Å²) in [6, 6.07) is -1.53. The molecule has 0 aromatic heterocycles. The fourth-order valence-electron chi connectivity index (χ4n) is 6.52. The highest BCUT2D eigenvalue weighted by atomic mass is 31.2. The van der Waals surface area contributed by atoms with Crippen molar-refractivity contribution in [3.05, 3.63) is 24.3 Å². The maximum absolute atomic E-state index is 12.6. The molecule has 340 valence electrons. The number of esters is 2. The Morgan fingerprint density at radius 1 is 0.534 bits per heavy atom. The molecule has 3 atom stereocenters. The molecule has 0 aliphatic carbocycles. The van der Waals surface area contributed by atoms with Gasteiger partial charge in [-0.3, -0.25) is 23.4 Å². The number of nitrogens with two attached hydrogens (primary N) is 1. The van der Waals surface area contributed by atoms with Gasteiger partial charge in [0.1, 0.15) is 12.6 Å². The Kier molecular flexibility index (Phi) is 40.2. The number of hydrogen-bond acceptors (Lipinski definition) is 9. The molecule has 0 rings (SSSR count). The van der Waals surface area contributed by atoms with Crippen LogP contribution in [-0.2, 0) is 37.5 Å². The van der Waals surface area contributed by atoms with Crippen LogP contribution in [0.5, 0.6) is 0 Å². The van der Waals surface area contributed by atoms with Gasteiger partial charge in [0.2, 0.25) is 0 Å². The number of phosphoric ester groups is 1. The molecule has 0 amide bonds. The van der Waals surface area contributed by atoms with E-state index < -0.39 is 51.1 Å². The van der Waals surface area contributed by atoms with E-state index in [-0.39, 0.29) is 19.4 Å². The first-order valence-electron chi connectivity index (χ1n) is 23.4. The molecule has 58 heavy (non-hydrogen) atoms. The monoisotopic (exact) mass is 844 g/mol. The Labute approximate surface area is 353 Å². The summed E-state index contributed by atoms with van der Waals surface area (Å²) in [4.78, 5) is 46.0. The van der Waals surface area contributed by atoms with Crippen molar-refractivity contribution in [3.63, 3.8) is 0 Å². The SMILES string of the molecule is CCCCCCCCCCC/C=C/C/C=C/CCCC(=O)O[C@H](COC(=O)CCCCCCCCCCCCCCCCCCC)COP(=O)(O)OC[C@H](N)C(=O)O. The highest BCUT2D eigenvalue weighted by Gasteiger charge is 2.28. The molecule has 0 radical (unpaired) electrons. The summed E-state index contributed by atoms with van der Waals surface area (Å²) in [7, 11) is -4.72. The normalized spacial score (nSPS) is 13.9. The molecular weight excluding hydrogens is 757 g/mol. The molecule has 1 unspecified atom stereocenters. The first-order chi connectivity index (χ1) is 28.1. The molecule has 0 aliphatic rings. The number of carbonyl (C=O) groups is 3. The zero-order valence-electron chi connectivity index (χ0n) is 36.9. The molecule has 0 spiro atoms. The van der Waals surface area contributed by atoms with Crippen molar-refractivity contribution in [2.75, 3.05) is 19.8 Å². The first kappa shape index (κ1) is 56.0. The van der Waals surface area contributed by atoms with Crippen LogP contribution in [-0.4, -0.2) is 59.9 Å². The average Bonchev–Trinajstić information content (AvgIpc) is 3.20. The second kappa shape index (κ2) is 41.7. The van der Waals surface area contributed by atoms with Gasteiger partial charge in [-0.1, -0.05) is 192 Å². The van der Waals surface area contributed by atoms with Crippen molar-refractivity contribution in [3.8, 4) is 0 Å². The number of allylic oxidation sites excluding steroid dienone is 4. The summed E-state index contributed by atoms with van der Waals surface area (Å²) in [5.41, 5.74) is 5.34. The smallest absolute Gasteiger partial charge is 0.472 e. The second-order valence-corrected chi connectivity index (χ2v) is 17.3. The predicted molar refractivity (Wildman–Crippen MR) is 236 cm³/mol. The van der Waals surface area contributed by atoms with E-state index in [1.165, 1.54) is 141 Å². The summed E-state index contributed by atoms with van der Waals surface area (Å²) in [5, 5.41) is 8.90. The van der Waals surface area contributed by atoms with Gasteiger partial charge in [-0.25, -0.2) is 4.57 Å². The minimum Gasteiger partial charge on any atom is -0.480 e. The number of carboxylic acid groups (broad SMARTS) is 1. The van der Waals surface area contributed by atoms with E-state index in [0.29, 0.717) is 19.3 Å². The number of rotatable bonds is 44. The van der Waals surface area contributed by atoms with E-state index in [1.807, 2.05) is 6.08 Å². The van der Waals surface area contributed by atoms with Gasteiger partial charge in [0.25, 0.3) is 0 Å².